The molecule has 1 aliphatic rings. The van der Waals surface area contributed by atoms with Crippen molar-refractivity contribution in [2.75, 3.05) is 49.5 Å². The van der Waals surface area contributed by atoms with Gasteiger partial charge in [0.2, 0.25) is 0 Å². The van der Waals surface area contributed by atoms with Crippen molar-refractivity contribution in [2.24, 2.45) is 0 Å². The lowest BCUT2D eigenvalue weighted by atomic mass is 10.2. The van der Waals surface area contributed by atoms with Gasteiger partial charge in [-0.15, -0.1) is 0 Å². The minimum absolute atomic E-state index is 0.214. The molecule has 1 saturated heterocycles. The first-order chi connectivity index (χ1) is 13.5. The highest BCUT2D eigenvalue weighted by Crippen LogP contribution is 2.20. The Bertz CT molecular complexity index is 840. The van der Waals surface area contributed by atoms with Gasteiger partial charge in [-0.25, -0.2) is 4.39 Å². The van der Waals surface area contributed by atoms with E-state index in [2.05, 4.69) is 15.5 Å². The van der Waals surface area contributed by atoms with Crippen LogP contribution in [0.25, 0.3) is 0 Å². The van der Waals surface area contributed by atoms with Gasteiger partial charge in [-0.05, 0) is 30.3 Å². The maximum atomic E-state index is 13.9. The van der Waals surface area contributed by atoms with Gasteiger partial charge in [-0.2, -0.15) is 0 Å². The number of anilines is 2. The van der Waals surface area contributed by atoms with Crippen LogP contribution in [0.15, 0.2) is 48.5 Å². The number of benzene rings is 2. The van der Waals surface area contributed by atoms with Crippen molar-refractivity contribution in [3.05, 3.63) is 59.4 Å². The highest BCUT2D eigenvalue weighted by molar-refractivity contribution is 6.39. The molecule has 8 heteroatoms. The second-order valence-electron chi connectivity index (χ2n) is 6.50. The van der Waals surface area contributed by atoms with Crippen molar-refractivity contribution in [3.63, 3.8) is 0 Å². The topological polar surface area (TPSA) is 64.7 Å². The van der Waals surface area contributed by atoms with E-state index in [0.717, 1.165) is 13.1 Å². The van der Waals surface area contributed by atoms with Crippen molar-refractivity contribution < 1.29 is 14.0 Å². The molecule has 1 heterocycles. The zero-order valence-corrected chi connectivity index (χ0v) is 16.1. The Kier molecular flexibility index (Phi) is 6.84. The number of rotatable bonds is 5. The summed E-state index contributed by atoms with van der Waals surface area (Å²) in [7, 11) is 0. The molecule has 0 atom stereocenters. The van der Waals surface area contributed by atoms with Gasteiger partial charge in [-0.3, -0.25) is 14.5 Å². The van der Waals surface area contributed by atoms with E-state index in [9.17, 15) is 14.0 Å². The van der Waals surface area contributed by atoms with E-state index < -0.39 is 11.8 Å². The number of piperazine rings is 1. The monoisotopic (exact) mass is 404 g/mol. The molecular formula is C20H22ClFN4O2. The quantitative estimate of drug-likeness (QED) is 0.751. The molecule has 0 bridgehead atoms. The van der Waals surface area contributed by atoms with Gasteiger partial charge >= 0.3 is 11.8 Å². The van der Waals surface area contributed by atoms with Crippen molar-refractivity contribution >= 4 is 34.8 Å². The summed E-state index contributed by atoms with van der Waals surface area (Å²) in [4.78, 5) is 28.0. The third kappa shape index (κ3) is 5.43. The number of carbonyl (C=O) groups excluding carboxylic acids is 2. The summed E-state index contributed by atoms with van der Waals surface area (Å²) < 4.78 is 13.9. The number of nitrogens with one attached hydrogen (secondary N) is 2. The zero-order chi connectivity index (χ0) is 19.9. The maximum Gasteiger partial charge on any atom is 0.313 e. The van der Waals surface area contributed by atoms with Crippen LogP contribution in [0.1, 0.15) is 0 Å². The summed E-state index contributed by atoms with van der Waals surface area (Å²) >= 11 is 5.85. The van der Waals surface area contributed by atoms with Crippen LogP contribution in [0.2, 0.25) is 5.02 Å². The van der Waals surface area contributed by atoms with Crippen LogP contribution in [-0.2, 0) is 9.59 Å². The summed E-state index contributed by atoms with van der Waals surface area (Å²) in [5.41, 5.74) is 1.09. The van der Waals surface area contributed by atoms with Gasteiger partial charge in [0.1, 0.15) is 5.82 Å². The van der Waals surface area contributed by atoms with Crippen LogP contribution in [0.4, 0.5) is 15.8 Å². The Hall–Kier alpha value is -2.64. The molecule has 2 amide bonds. The van der Waals surface area contributed by atoms with E-state index in [1.165, 1.54) is 6.07 Å². The Labute approximate surface area is 168 Å². The molecule has 6 nitrogen and oxygen atoms in total. The second-order valence-corrected chi connectivity index (χ2v) is 6.94. The van der Waals surface area contributed by atoms with Crippen molar-refractivity contribution in [3.8, 4) is 0 Å². The molecule has 28 heavy (non-hydrogen) atoms. The number of halogens is 2. The molecule has 1 aliphatic heterocycles. The van der Waals surface area contributed by atoms with Crippen LogP contribution >= 0.6 is 11.6 Å². The summed E-state index contributed by atoms with van der Waals surface area (Å²) in [6, 6.07) is 13.4. The van der Waals surface area contributed by atoms with Gasteiger partial charge in [0.15, 0.2) is 0 Å². The average molecular weight is 405 g/mol. The molecule has 2 N–H and O–H groups in total. The van der Waals surface area contributed by atoms with Crippen LogP contribution in [-0.4, -0.2) is 56.0 Å². The van der Waals surface area contributed by atoms with E-state index in [-0.39, 0.29) is 5.82 Å². The van der Waals surface area contributed by atoms with E-state index in [0.29, 0.717) is 42.6 Å². The van der Waals surface area contributed by atoms with Crippen LogP contribution < -0.4 is 15.5 Å². The Morgan fingerprint density at radius 2 is 1.75 bits per heavy atom. The van der Waals surface area contributed by atoms with E-state index in [1.54, 1.807) is 36.4 Å². The summed E-state index contributed by atoms with van der Waals surface area (Å²) in [6.45, 7) is 3.94. The average Bonchev–Trinajstić information content (AvgIpc) is 2.69. The largest absolute Gasteiger partial charge is 0.367 e. The van der Waals surface area contributed by atoms with Gasteiger partial charge < -0.3 is 15.5 Å². The van der Waals surface area contributed by atoms with Crippen LogP contribution in [0.5, 0.6) is 0 Å². The smallest absolute Gasteiger partial charge is 0.313 e. The fourth-order valence-electron chi connectivity index (χ4n) is 3.08. The Morgan fingerprint density at radius 1 is 1.00 bits per heavy atom. The van der Waals surface area contributed by atoms with E-state index >= 15 is 0 Å². The molecule has 2 aromatic carbocycles. The van der Waals surface area contributed by atoms with Gasteiger partial charge in [0.05, 0.1) is 5.69 Å². The highest BCUT2D eigenvalue weighted by atomic mass is 35.5. The molecule has 0 radical (unpaired) electrons. The fraction of sp³-hybridized carbons (Fsp3) is 0.300. The lowest BCUT2D eigenvalue weighted by molar-refractivity contribution is -0.136. The molecule has 0 aromatic heterocycles. The second kappa shape index (κ2) is 9.52. The predicted molar refractivity (Wildman–Crippen MR) is 108 cm³/mol. The third-order valence-corrected chi connectivity index (χ3v) is 4.80. The number of nitrogens with zero attached hydrogens (tertiary/aromatic N) is 2. The van der Waals surface area contributed by atoms with Crippen molar-refractivity contribution in [2.45, 2.75) is 0 Å². The van der Waals surface area contributed by atoms with Crippen molar-refractivity contribution in [1.29, 1.82) is 0 Å². The number of hydrogen-bond acceptors (Lipinski definition) is 4. The fourth-order valence-corrected chi connectivity index (χ4v) is 3.27. The first kappa shape index (κ1) is 20.1. The van der Waals surface area contributed by atoms with Gasteiger partial charge in [0.25, 0.3) is 0 Å². The lowest BCUT2D eigenvalue weighted by Crippen LogP contribution is -2.49. The van der Waals surface area contributed by atoms with Crippen LogP contribution in [0.3, 0.4) is 0 Å². The van der Waals surface area contributed by atoms with Crippen molar-refractivity contribution in [1.82, 2.24) is 10.2 Å². The Balaban J connectivity index is 1.38. The van der Waals surface area contributed by atoms with Crippen LogP contribution in [0, 0.1) is 5.82 Å². The maximum absolute atomic E-state index is 13.9. The minimum atomic E-state index is -0.730. The number of para-hydroxylation sites is 1. The summed E-state index contributed by atoms with van der Waals surface area (Å²) in [5, 5.41) is 5.61. The minimum Gasteiger partial charge on any atom is -0.367 e. The third-order valence-electron chi connectivity index (χ3n) is 4.57. The normalized spacial score (nSPS) is 14.6. The lowest BCUT2D eigenvalue weighted by Gasteiger charge is -2.36. The molecule has 0 saturated carbocycles. The molecule has 0 spiro atoms. The number of carbonyl (C=O) groups is 2. The molecular weight excluding hydrogens is 383 g/mol. The first-order valence-corrected chi connectivity index (χ1v) is 9.47. The molecule has 148 valence electrons. The van der Waals surface area contributed by atoms with Gasteiger partial charge in [0, 0.05) is 50.0 Å². The SMILES string of the molecule is O=C(NCCN1CCN(c2ccccc2F)CC1)C(=O)Nc1cccc(Cl)c1. The number of amides is 2. The Morgan fingerprint density at radius 3 is 2.46 bits per heavy atom. The molecule has 1 fully saturated rings. The summed E-state index contributed by atoms with van der Waals surface area (Å²) in [5.74, 6) is -1.63. The molecule has 0 aliphatic carbocycles. The van der Waals surface area contributed by atoms with E-state index in [1.807, 2.05) is 11.0 Å². The zero-order valence-electron chi connectivity index (χ0n) is 15.3. The van der Waals surface area contributed by atoms with Gasteiger partial charge in [-0.1, -0.05) is 29.8 Å². The summed E-state index contributed by atoms with van der Waals surface area (Å²) in [6.07, 6.45) is 0. The number of hydrogen-bond donors (Lipinski definition) is 2. The predicted octanol–water partition coefficient (Wildman–Crippen LogP) is 2.36. The molecule has 0 unspecified atom stereocenters. The highest BCUT2D eigenvalue weighted by Gasteiger charge is 2.19. The first-order valence-electron chi connectivity index (χ1n) is 9.09. The molecule has 2 aromatic rings. The van der Waals surface area contributed by atoms with E-state index in [4.69, 9.17) is 11.6 Å². The standard InChI is InChI=1S/C20H22ClFN4O2/c21-15-4-3-5-16(14-15)24-20(28)19(27)23-8-9-25-10-12-26(13-11-25)18-7-2-1-6-17(18)22/h1-7,14H,8-13H2,(H,23,27)(H,24,28). The molecule has 3 rings (SSSR count).